The summed E-state index contributed by atoms with van der Waals surface area (Å²) >= 11 is 0. The Morgan fingerprint density at radius 2 is 1.67 bits per heavy atom. The van der Waals surface area contributed by atoms with E-state index in [1.807, 2.05) is 13.8 Å². The minimum atomic E-state index is -0.269. The molecule has 12 heavy (non-hydrogen) atoms. The molecule has 5 atom stereocenters. The van der Waals surface area contributed by atoms with Crippen LogP contribution in [-0.4, -0.2) is 38.0 Å². The quantitative estimate of drug-likeness (QED) is 0.580. The molecule has 0 spiro atoms. The molecule has 0 N–H and O–H groups in total. The van der Waals surface area contributed by atoms with Gasteiger partial charge in [0.15, 0.2) is 12.6 Å². The molecule has 2 aliphatic heterocycles. The van der Waals surface area contributed by atoms with Crippen LogP contribution in [0.2, 0.25) is 0 Å². The predicted molar refractivity (Wildman–Crippen MR) is 40.6 cm³/mol. The molecular formula is C8H14O4. The van der Waals surface area contributed by atoms with Crippen molar-refractivity contribution in [1.82, 2.24) is 0 Å². The van der Waals surface area contributed by atoms with Crippen molar-refractivity contribution < 1.29 is 18.9 Å². The summed E-state index contributed by atoms with van der Waals surface area (Å²) in [5.41, 5.74) is 0. The summed E-state index contributed by atoms with van der Waals surface area (Å²) in [5, 5.41) is 0. The van der Waals surface area contributed by atoms with Crippen LogP contribution in [-0.2, 0) is 18.9 Å². The van der Waals surface area contributed by atoms with Crippen LogP contribution in [0.3, 0.4) is 0 Å². The molecule has 2 rings (SSSR count). The molecule has 0 aromatic rings. The fraction of sp³-hybridized carbons (Fsp3) is 1.00. The van der Waals surface area contributed by atoms with Gasteiger partial charge in [0.05, 0.1) is 6.10 Å². The highest BCUT2D eigenvalue weighted by Crippen LogP contribution is 2.33. The first kappa shape index (κ1) is 8.44. The van der Waals surface area contributed by atoms with E-state index in [1.165, 1.54) is 0 Å². The average molecular weight is 174 g/mol. The Bertz CT molecular complexity index is 172. The zero-order chi connectivity index (χ0) is 8.72. The lowest BCUT2D eigenvalue weighted by Crippen LogP contribution is -2.29. The van der Waals surface area contributed by atoms with Gasteiger partial charge in [-0.1, -0.05) is 0 Å². The lowest BCUT2D eigenvalue weighted by molar-refractivity contribution is -0.187. The van der Waals surface area contributed by atoms with Crippen LogP contribution in [0, 0.1) is 0 Å². The number of fused-ring (bicyclic) bond motifs is 1. The third-order valence-corrected chi connectivity index (χ3v) is 2.33. The van der Waals surface area contributed by atoms with Gasteiger partial charge in [-0.05, 0) is 13.8 Å². The average Bonchev–Trinajstić information content (AvgIpc) is 2.52. The second-order valence-corrected chi connectivity index (χ2v) is 3.21. The van der Waals surface area contributed by atoms with E-state index < -0.39 is 0 Å². The molecule has 4 nitrogen and oxygen atoms in total. The van der Waals surface area contributed by atoms with Crippen LogP contribution in [0.4, 0.5) is 0 Å². The molecule has 2 fully saturated rings. The van der Waals surface area contributed by atoms with Gasteiger partial charge < -0.3 is 18.9 Å². The highest BCUT2D eigenvalue weighted by Gasteiger charge is 2.50. The van der Waals surface area contributed by atoms with Crippen molar-refractivity contribution in [2.24, 2.45) is 0 Å². The minimum Gasteiger partial charge on any atom is -0.353 e. The molecule has 4 heteroatoms. The van der Waals surface area contributed by atoms with Crippen LogP contribution < -0.4 is 0 Å². The van der Waals surface area contributed by atoms with E-state index in [2.05, 4.69) is 0 Å². The summed E-state index contributed by atoms with van der Waals surface area (Å²) in [5.74, 6) is 0. The normalized spacial score (nSPS) is 52.8. The lowest BCUT2D eigenvalue weighted by Gasteiger charge is -2.14. The number of hydrogen-bond acceptors (Lipinski definition) is 4. The van der Waals surface area contributed by atoms with Crippen LogP contribution >= 0.6 is 0 Å². The Labute approximate surface area is 71.7 Å². The van der Waals surface area contributed by atoms with E-state index in [-0.39, 0.29) is 30.9 Å². The summed E-state index contributed by atoms with van der Waals surface area (Å²) in [6.07, 6.45) is -0.367. The SMILES string of the molecule is CO[C@@H]1O[C@H](C)[C@H]2OC(C)O[C@@H]12. The smallest absolute Gasteiger partial charge is 0.186 e. The van der Waals surface area contributed by atoms with Gasteiger partial charge in [-0.2, -0.15) is 0 Å². The third-order valence-electron chi connectivity index (χ3n) is 2.33. The molecule has 0 amide bonds. The fourth-order valence-electron chi connectivity index (χ4n) is 1.78. The summed E-state index contributed by atoms with van der Waals surface area (Å²) in [7, 11) is 1.62. The largest absolute Gasteiger partial charge is 0.353 e. The zero-order valence-corrected chi connectivity index (χ0v) is 7.52. The number of ether oxygens (including phenoxy) is 4. The first-order chi connectivity index (χ1) is 5.72. The van der Waals surface area contributed by atoms with Gasteiger partial charge >= 0.3 is 0 Å². The number of rotatable bonds is 1. The monoisotopic (exact) mass is 174 g/mol. The van der Waals surface area contributed by atoms with Crippen LogP contribution in [0.25, 0.3) is 0 Å². The van der Waals surface area contributed by atoms with Crippen molar-refractivity contribution in [3.8, 4) is 0 Å². The van der Waals surface area contributed by atoms with Gasteiger partial charge in [-0.15, -0.1) is 0 Å². The standard InChI is InChI=1S/C8H14O4/c1-4-6-7(8(9-3)10-4)12-5(2)11-6/h4-8H,1-3H3/t4-,5?,6-,7-,8-/m1/s1. The van der Waals surface area contributed by atoms with Gasteiger partial charge in [-0.3, -0.25) is 0 Å². The third kappa shape index (κ3) is 1.15. The van der Waals surface area contributed by atoms with Crippen LogP contribution in [0.1, 0.15) is 13.8 Å². The molecule has 0 bridgehead atoms. The second-order valence-electron chi connectivity index (χ2n) is 3.21. The van der Waals surface area contributed by atoms with Crippen molar-refractivity contribution in [3.63, 3.8) is 0 Å². The van der Waals surface area contributed by atoms with Crippen molar-refractivity contribution in [1.29, 1.82) is 0 Å². The summed E-state index contributed by atoms with van der Waals surface area (Å²) in [6.45, 7) is 3.86. The Morgan fingerprint density at radius 1 is 1.00 bits per heavy atom. The molecule has 2 saturated heterocycles. The van der Waals surface area contributed by atoms with Gasteiger partial charge in [0.1, 0.15) is 12.2 Å². The van der Waals surface area contributed by atoms with Gasteiger partial charge in [-0.25, -0.2) is 0 Å². The first-order valence-corrected chi connectivity index (χ1v) is 4.21. The summed E-state index contributed by atoms with van der Waals surface area (Å²) in [4.78, 5) is 0. The molecule has 0 aromatic carbocycles. The summed E-state index contributed by atoms with van der Waals surface area (Å²) in [6, 6.07) is 0. The molecule has 2 aliphatic rings. The Morgan fingerprint density at radius 3 is 2.33 bits per heavy atom. The van der Waals surface area contributed by atoms with E-state index >= 15 is 0 Å². The molecular weight excluding hydrogens is 160 g/mol. The Balaban J connectivity index is 2.08. The van der Waals surface area contributed by atoms with Crippen molar-refractivity contribution in [3.05, 3.63) is 0 Å². The van der Waals surface area contributed by atoms with E-state index in [4.69, 9.17) is 18.9 Å². The maximum atomic E-state index is 5.50. The lowest BCUT2D eigenvalue weighted by atomic mass is 10.2. The van der Waals surface area contributed by atoms with E-state index in [9.17, 15) is 0 Å². The molecule has 0 aliphatic carbocycles. The maximum Gasteiger partial charge on any atom is 0.186 e. The zero-order valence-electron chi connectivity index (χ0n) is 7.52. The van der Waals surface area contributed by atoms with Crippen molar-refractivity contribution in [2.75, 3.05) is 7.11 Å². The van der Waals surface area contributed by atoms with Crippen molar-refractivity contribution in [2.45, 2.75) is 44.7 Å². The maximum absolute atomic E-state index is 5.50. The van der Waals surface area contributed by atoms with E-state index in [0.717, 1.165) is 0 Å². The Kier molecular flexibility index (Phi) is 2.08. The number of methoxy groups -OCH3 is 1. The first-order valence-electron chi connectivity index (χ1n) is 4.21. The van der Waals surface area contributed by atoms with Gasteiger partial charge in [0, 0.05) is 7.11 Å². The molecule has 1 unspecified atom stereocenters. The van der Waals surface area contributed by atoms with Crippen LogP contribution in [0.15, 0.2) is 0 Å². The fourth-order valence-corrected chi connectivity index (χ4v) is 1.78. The molecule has 0 aromatic heterocycles. The van der Waals surface area contributed by atoms with Crippen molar-refractivity contribution >= 4 is 0 Å². The molecule has 0 saturated carbocycles. The Hall–Kier alpha value is -0.160. The highest BCUT2D eigenvalue weighted by atomic mass is 16.8. The molecule has 0 radical (unpaired) electrons. The van der Waals surface area contributed by atoms with E-state index in [1.54, 1.807) is 7.11 Å². The van der Waals surface area contributed by atoms with Gasteiger partial charge in [0.2, 0.25) is 0 Å². The van der Waals surface area contributed by atoms with E-state index in [0.29, 0.717) is 0 Å². The number of hydrogen-bond donors (Lipinski definition) is 0. The molecule has 2 heterocycles. The summed E-state index contributed by atoms with van der Waals surface area (Å²) < 4.78 is 21.6. The predicted octanol–water partition coefficient (Wildman–Crippen LogP) is 0.508. The minimum absolute atomic E-state index is 0.0324. The van der Waals surface area contributed by atoms with Crippen LogP contribution in [0.5, 0.6) is 0 Å². The molecule has 70 valence electrons. The second kappa shape index (κ2) is 2.96. The highest BCUT2D eigenvalue weighted by molar-refractivity contribution is 4.90. The van der Waals surface area contributed by atoms with Gasteiger partial charge in [0.25, 0.3) is 0 Å². The topological polar surface area (TPSA) is 36.9 Å².